The molecule has 0 bridgehead atoms. The number of carbonyl (C=O) groups excluding carboxylic acids is 1. The Hall–Kier alpha value is -3.43. The van der Waals surface area contributed by atoms with Crippen LogP contribution in [0.25, 0.3) is 0 Å². The highest BCUT2D eigenvalue weighted by Crippen LogP contribution is 2.22. The van der Waals surface area contributed by atoms with E-state index in [1.807, 2.05) is 81.4 Å². The van der Waals surface area contributed by atoms with Crippen molar-refractivity contribution < 1.29 is 13.2 Å². The molecule has 0 heterocycles. The Morgan fingerprint density at radius 2 is 1.41 bits per heavy atom. The molecule has 7 nitrogen and oxygen atoms in total. The minimum atomic E-state index is -4.13. The van der Waals surface area contributed by atoms with Gasteiger partial charge in [0.25, 0.3) is 10.0 Å². The molecule has 0 radical (unpaired) electrons. The maximum absolute atomic E-state index is 12.9. The van der Waals surface area contributed by atoms with E-state index < -0.39 is 22.1 Å². The minimum Gasteiger partial charge on any atom is -0.358 e. The van der Waals surface area contributed by atoms with Crippen LogP contribution in [0.4, 0.5) is 10.5 Å². The van der Waals surface area contributed by atoms with Gasteiger partial charge in [0.1, 0.15) is 0 Å². The molecule has 0 spiro atoms. The van der Waals surface area contributed by atoms with Crippen LogP contribution in [0.3, 0.4) is 0 Å². The summed E-state index contributed by atoms with van der Waals surface area (Å²) < 4.78 is 27.9. The fraction of sp³-hybridized carbons (Fsp3) is 0.200. The Morgan fingerprint density at radius 3 is 1.94 bits per heavy atom. The van der Waals surface area contributed by atoms with Crippen LogP contribution in [0.15, 0.2) is 89.8 Å². The number of benzene rings is 3. The van der Waals surface area contributed by atoms with Crippen LogP contribution in [-0.4, -0.2) is 25.1 Å². The zero-order valence-electron chi connectivity index (χ0n) is 19.2. The summed E-state index contributed by atoms with van der Waals surface area (Å²) in [5.41, 5.74) is 1.89. The first-order valence-corrected chi connectivity index (χ1v) is 12.6. The van der Waals surface area contributed by atoms with Crippen molar-refractivity contribution in [2.45, 2.75) is 37.2 Å². The van der Waals surface area contributed by atoms with Gasteiger partial charge < -0.3 is 16.0 Å². The van der Waals surface area contributed by atoms with Gasteiger partial charge in [-0.05, 0) is 62.3 Å². The number of rotatable bonds is 6. The highest BCUT2D eigenvalue weighted by atomic mass is 32.2. The molecule has 3 rings (SSSR count). The monoisotopic (exact) mass is 496 g/mol. The van der Waals surface area contributed by atoms with Crippen LogP contribution in [0.5, 0.6) is 0 Å². The molecule has 9 heteroatoms. The Labute approximate surface area is 206 Å². The van der Waals surface area contributed by atoms with Crippen molar-refractivity contribution >= 4 is 39.1 Å². The van der Waals surface area contributed by atoms with Crippen molar-refractivity contribution in [1.29, 1.82) is 0 Å². The lowest BCUT2D eigenvalue weighted by Gasteiger charge is -2.23. The molecule has 34 heavy (non-hydrogen) atoms. The molecule has 0 atom stereocenters. The van der Waals surface area contributed by atoms with E-state index in [0.717, 1.165) is 11.1 Å². The zero-order chi connectivity index (χ0) is 24.8. The lowest BCUT2D eigenvalue weighted by atomic mass is 9.99. The quantitative estimate of drug-likeness (QED) is 0.374. The molecule has 3 aromatic rings. The lowest BCUT2D eigenvalue weighted by molar-refractivity contribution is 0.243. The summed E-state index contributed by atoms with van der Waals surface area (Å²) in [6.07, 6.45) is 0. The molecule has 3 aromatic carbocycles. The van der Waals surface area contributed by atoms with Crippen molar-refractivity contribution in [3.05, 3.63) is 96.1 Å². The van der Waals surface area contributed by atoms with E-state index in [2.05, 4.69) is 20.7 Å². The van der Waals surface area contributed by atoms with E-state index in [-0.39, 0.29) is 10.4 Å². The molecule has 2 amide bonds. The molecular weight excluding hydrogens is 468 g/mol. The molecular formula is C25H28N4O3S2. The van der Waals surface area contributed by atoms with Gasteiger partial charge >= 0.3 is 6.03 Å². The van der Waals surface area contributed by atoms with E-state index in [9.17, 15) is 13.2 Å². The maximum Gasteiger partial charge on any atom is 0.329 e. The Kier molecular flexibility index (Phi) is 7.90. The number of sulfonamides is 1. The fourth-order valence-electron chi connectivity index (χ4n) is 3.24. The number of hydrogen-bond donors (Lipinski definition) is 4. The van der Waals surface area contributed by atoms with E-state index in [1.165, 1.54) is 12.1 Å². The van der Waals surface area contributed by atoms with Gasteiger partial charge in [0.2, 0.25) is 0 Å². The standard InChI is InChI=1S/C25H28N4O3S2/c1-25(2,3)28-24(33)26-20-15-10-16-21(17-20)34(31,32)29-23(30)27-22(18-11-6-4-7-12-18)19-13-8-5-9-14-19/h4-17,22H,1-3H3,(H2,26,28,33)(H2,27,29,30). The fourth-order valence-corrected chi connectivity index (χ4v) is 4.62. The summed E-state index contributed by atoms with van der Waals surface area (Å²) in [6.45, 7) is 5.88. The first kappa shape index (κ1) is 25.2. The van der Waals surface area contributed by atoms with Crippen molar-refractivity contribution in [2.24, 2.45) is 0 Å². The summed E-state index contributed by atoms with van der Waals surface area (Å²) in [7, 11) is -4.13. The topological polar surface area (TPSA) is 99.3 Å². The third-order valence-corrected chi connectivity index (χ3v) is 6.19. The first-order valence-electron chi connectivity index (χ1n) is 10.7. The van der Waals surface area contributed by atoms with Crippen molar-refractivity contribution in [3.8, 4) is 0 Å². The Morgan fingerprint density at radius 1 is 0.853 bits per heavy atom. The normalized spacial score (nSPS) is 11.5. The summed E-state index contributed by atoms with van der Waals surface area (Å²) in [5.74, 6) is 0. The molecule has 0 aliphatic carbocycles. The van der Waals surface area contributed by atoms with Crippen LogP contribution >= 0.6 is 12.2 Å². The van der Waals surface area contributed by atoms with Gasteiger partial charge in [0.05, 0.1) is 10.9 Å². The van der Waals surface area contributed by atoms with Gasteiger partial charge in [-0.25, -0.2) is 17.9 Å². The van der Waals surface area contributed by atoms with Crippen LogP contribution < -0.4 is 20.7 Å². The van der Waals surface area contributed by atoms with Gasteiger partial charge in [0, 0.05) is 11.2 Å². The first-order chi connectivity index (χ1) is 16.0. The zero-order valence-corrected chi connectivity index (χ0v) is 20.8. The largest absolute Gasteiger partial charge is 0.358 e. The number of hydrogen-bond acceptors (Lipinski definition) is 4. The number of anilines is 1. The molecule has 0 saturated heterocycles. The molecule has 4 N–H and O–H groups in total. The molecule has 0 saturated carbocycles. The third kappa shape index (κ3) is 7.29. The molecule has 0 unspecified atom stereocenters. The highest BCUT2D eigenvalue weighted by molar-refractivity contribution is 7.90. The summed E-state index contributed by atoms with van der Waals surface area (Å²) in [5, 5.41) is 9.20. The van der Waals surface area contributed by atoms with E-state index in [0.29, 0.717) is 10.8 Å². The second-order valence-corrected chi connectivity index (χ2v) is 10.8. The minimum absolute atomic E-state index is 0.0674. The number of nitrogens with one attached hydrogen (secondary N) is 4. The van der Waals surface area contributed by atoms with Gasteiger partial charge in [-0.1, -0.05) is 66.7 Å². The Balaban J connectivity index is 1.75. The maximum atomic E-state index is 12.9. The lowest BCUT2D eigenvalue weighted by Crippen LogP contribution is -2.43. The van der Waals surface area contributed by atoms with E-state index in [4.69, 9.17) is 12.2 Å². The summed E-state index contributed by atoms with van der Waals surface area (Å²) >= 11 is 5.28. The van der Waals surface area contributed by atoms with Crippen LogP contribution in [0.2, 0.25) is 0 Å². The van der Waals surface area contributed by atoms with Gasteiger partial charge in [-0.2, -0.15) is 0 Å². The summed E-state index contributed by atoms with van der Waals surface area (Å²) in [4.78, 5) is 12.7. The molecule has 0 aliphatic heterocycles. The smallest absolute Gasteiger partial charge is 0.329 e. The van der Waals surface area contributed by atoms with Crippen LogP contribution in [-0.2, 0) is 10.0 Å². The second-order valence-electron chi connectivity index (χ2n) is 8.69. The number of amides is 2. The average molecular weight is 497 g/mol. The number of carbonyl (C=O) groups is 1. The van der Waals surface area contributed by atoms with Crippen LogP contribution in [0.1, 0.15) is 37.9 Å². The average Bonchev–Trinajstić information content (AvgIpc) is 2.77. The van der Waals surface area contributed by atoms with Gasteiger partial charge in [0.15, 0.2) is 5.11 Å². The number of urea groups is 1. The van der Waals surface area contributed by atoms with Gasteiger partial charge in [-0.15, -0.1) is 0 Å². The van der Waals surface area contributed by atoms with E-state index in [1.54, 1.807) is 12.1 Å². The van der Waals surface area contributed by atoms with Crippen molar-refractivity contribution in [2.75, 3.05) is 5.32 Å². The third-order valence-electron chi connectivity index (χ3n) is 4.66. The van der Waals surface area contributed by atoms with E-state index >= 15 is 0 Å². The molecule has 0 aliphatic rings. The van der Waals surface area contributed by atoms with Crippen molar-refractivity contribution in [3.63, 3.8) is 0 Å². The predicted octanol–water partition coefficient (Wildman–Crippen LogP) is 4.55. The Bertz CT molecular complexity index is 1200. The second kappa shape index (κ2) is 10.7. The highest BCUT2D eigenvalue weighted by Gasteiger charge is 2.22. The SMILES string of the molecule is CC(C)(C)NC(=S)Nc1cccc(S(=O)(=O)NC(=O)NC(c2ccccc2)c2ccccc2)c1. The van der Waals surface area contributed by atoms with Gasteiger partial charge in [-0.3, -0.25) is 0 Å². The van der Waals surface area contributed by atoms with Crippen LogP contribution in [0, 0.1) is 0 Å². The van der Waals surface area contributed by atoms with Crippen molar-refractivity contribution in [1.82, 2.24) is 15.4 Å². The molecule has 0 aromatic heterocycles. The predicted molar refractivity (Wildman–Crippen MR) is 139 cm³/mol. The molecule has 0 fully saturated rings. The molecule has 178 valence electrons. The summed E-state index contributed by atoms with van der Waals surface area (Å²) in [6, 6.07) is 23.4. The number of thiocarbonyl (C=S) groups is 1.